The third-order valence-corrected chi connectivity index (χ3v) is 9.75. The van der Waals surface area contributed by atoms with Crippen molar-refractivity contribution < 1.29 is 14.3 Å². The minimum atomic E-state index is -0.608. The smallest absolute Gasteiger partial charge is 0.237 e. The summed E-state index contributed by atoms with van der Waals surface area (Å²) in [5.41, 5.74) is 8.48. The summed E-state index contributed by atoms with van der Waals surface area (Å²) < 4.78 is 12.3. The zero-order chi connectivity index (χ0) is 34.3. The van der Waals surface area contributed by atoms with E-state index < -0.39 is 6.04 Å². The van der Waals surface area contributed by atoms with Gasteiger partial charge in [0.05, 0.1) is 18.8 Å². The zero-order valence-electron chi connectivity index (χ0n) is 31.8. The summed E-state index contributed by atoms with van der Waals surface area (Å²) in [5, 5.41) is 4.18. The molecule has 0 saturated carbocycles. The van der Waals surface area contributed by atoms with Gasteiger partial charge in [0.2, 0.25) is 5.91 Å². The van der Waals surface area contributed by atoms with Gasteiger partial charge >= 0.3 is 0 Å². The fourth-order valence-electron chi connectivity index (χ4n) is 6.59. The molecule has 2 unspecified atom stereocenters. The van der Waals surface area contributed by atoms with Crippen molar-refractivity contribution in [2.75, 3.05) is 26.4 Å². The first-order valence-corrected chi connectivity index (χ1v) is 20.4. The number of benzene rings is 1. The number of para-hydroxylation sites is 1. The molecule has 2 aromatic rings. The molecule has 0 aliphatic rings. The number of aromatic amines is 1. The van der Waals surface area contributed by atoms with E-state index in [1.165, 1.54) is 141 Å². The van der Waals surface area contributed by atoms with Crippen LogP contribution in [0, 0.1) is 0 Å². The number of amides is 1. The Labute approximate surface area is 307 Å². The van der Waals surface area contributed by atoms with Crippen LogP contribution < -0.4 is 11.1 Å². The number of ether oxygens (including phenoxy) is 2. The lowest BCUT2D eigenvalue weighted by atomic mass is 10.1. The molecule has 0 aliphatic carbocycles. The van der Waals surface area contributed by atoms with Gasteiger partial charge in [-0.05, 0) is 30.9 Å². The van der Waals surface area contributed by atoms with E-state index in [4.69, 9.17) is 15.2 Å². The van der Waals surface area contributed by atoms with Gasteiger partial charge in [-0.15, -0.1) is 12.4 Å². The molecule has 7 heteroatoms. The van der Waals surface area contributed by atoms with Crippen molar-refractivity contribution in [1.82, 2.24) is 10.3 Å². The number of carbonyl (C=O) groups is 1. The highest BCUT2D eigenvalue weighted by molar-refractivity contribution is 5.86. The van der Waals surface area contributed by atoms with E-state index in [1.54, 1.807) is 0 Å². The van der Waals surface area contributed by atoms with Gasteiger partial charge in [-0.25, -0.2) is 0 Å². The molecule has 1 amide bonds. The van der Waals surface area contributed by atoms with Crippen LogP contribution in [0.1, 0.15) is 174 Å². The molecular formula is C42H76ClN3O3. The zero-order valence-corrected chi connectivity index (χ0v) is 32.6. The number of rotatable bonds is 34. The van der Waals surface area contributed by atoms with Gasteiger partial charge in [-0.2, -0.15) is 0 Å². The van der Waals surface area contributed by atoms with Crippen LogP contribution in [-0.2, 0) is 20.7 Å². The summed E-state index contributed by atoms with van der Waals surface area (Å²) in [6.45, 7) is 6.96. The molecule has 0 saturated heterocycles. The summed E-state index contributed by atoms with van der Waals surface area (Å²) in [7, 11) is 0. The molecule has 0 radical (unpaired) electrons. The van der Waals surface area contributed by atoms with E-state index in [9.17, 15) is 4.79 Å². The average Bonchev–Trinajstić information content (AvgIpc) is 3.51. The van der Waals surface area contributed by atoms with E-state index >= 15 is 0 Å². The van der Waals surface area contributed by atoms with Crippen LogP contribution in [0.25, 0.3) is 10.9 Å². The van der Waals surface area contributed by atoms with Crippen LogP contribution in [0.15, 0.2) is 30.5 Å². The van der Waals surface area contributed by atoms with Crippen LogP contribution in [0.4, 0.5) is 0 Å². The lowest BCUT2D eigenvalue weighted by molar-refractivity contribution is -0.123. The van der Waals surface area contributed by atoms with E-state index in [1.807, 2.05) is 24.4 Å². The maximum Gasteiger partial charge on any atom is 0.237 e. The van der Waals surface area contributed by atoms with Crippen molar-refractivity contribution >= 4 is 29.2 Å². The standard InChI is InChI=1S/C42H75N3O3.ClH/c1-3-5-7-9-11-13-15-17-19-21-23-27-31-47-36-38(48-32-28-24-22-20-18-16-14-12-10-8-6-4-2)35-45-42(46)40(43)33-37-34-44-41-30-26-25-29-39(37)41;/h25-26,29-30,34,38,40,44H,3-24,27-28,31-33,35-36,43H2,1-2H3,(H,45,46);1H. The molecule has 1 aromatic heterocycles. The molecule has 4 N–H and O–H groups in total. The number of hydrogen-bond acceptors (Lipinski definition) is 4. The maximum atomic E-state index is 13.0. The fourth-order valence-corrected chi connectivity index (χ4v) is 6.59. The predicted octanol–water partition coefficient (Wildman–Crippen LogP) is 11.4. The van der Waals surface area contributed by atoms with Gasteiger partial charge in [0.25, 0.3) is 0 Å². The summed E-state index contributed by atoms with van der Waals surface area (Å²) in [6.07, 6.45) is 34.3. The minimum absolute atomic E-state index is 0. The third-order valence-electron chi connectivity index (χ3n) is 9.75. The van der Waals surface area contributed by atoms with E-state index in [-0.39, 0.29) is 24.4 Å². The second kappa shape index (κ2) is 32.3. The van der Waals surface area contributed by atoms with Crippen LogP contribution in [0.3, 0.4) is 0 Å². The Morgan fingerprint density at radius 2 is 1.16 bits per heavy atom. The number of nitrogens with two attached hydrogens (primary N) is 1. The van der Waals surface area contributed by atoms with Gasteiger partial charge < -0.3 is 25.5 Å². The number of unbranched alkanes of at least 4 members (excludes halogenated alkanes) is 22. The molecule has 0 bridgehead atoms. The molecule has 1 aromatic carbocycles. The van der Waals surface area contributed by atoms with Crippen LogP contribution >= 0.6 is 12.4 Å². The quantitative estimate of drug-likeness (QED) is 0.0632. The highest BCUT2D eigenvalue weighted by atomic mass is 35.5. The summed E-state index contributed by atoms with van der Waals surface area (Å²) >= 11 is 0. The molecular weight excluding hydrogens is 630 g/mol. The van der Waals surface area contributed by atoms with Crippen molar-refractivity contribution in [1.29, 1.82) is 0 Å². The first-order valence-electron chi connectivity index (χ1n) is 20.4. The second-order valence-corrected chi connectivity index (χ2v) is 14.3. The van der Waals surface area contributed by atoms with Crippen LogP contribution in [0.5, 0.6) is 0 Å². The normalized spacial score (nSPS) is 12.6. The Morgan fingerprint density at radius 3 is 1.69 bits per heavy atom. The Kier molecular flexibility index (Phi) is 30.0. The number of aromatic nitrogens is 1. The Morgan fingerprint density at radius 1 is 0.694 bits per heavy atom. The van der Waals surface area contributed by atoms with Gasteiger partial charge in [0.1, 0.15) is 0 Å². The number of carbonyl (C=O) groups excluding carboxylic acids is 1. The molecule has 2 rings (SSSR count). The van der Waals surface area contributed by atoms with Crippen molar-refractivity contribution in [2.45, 2.75) is 187 Å². The summed E-state index contributed by atoms with van der Waals surface area (Å²) in [4.78, 5) is 16.2. The SMILES string of the molecule is CCCCCCCCCCCCCCOCC(CNC(=O)C(N)Cc1c[nH]c2ccccc12)OCCCCCCCCCCCCCC.Cl. The summed E-state index contributed by atoms with van der Waals surface area (Å²) in [6, 6.07) is 7.52. The number of halogens is 1. The summed E-state index contributed by atoms with van der Waals surface area (Å²) in [5.74, 6) is -0.139. The Bertz CT molecular complexity index is 1020. The topological polar surface area (TPSA) is 89.4 Å². The maximum absolute atomic E-state index is 13.0. The fraction of sp³-hybridized carbons (Fsp3) is 0.786. The third kappa shape index (κ3) is 23.5. The molecule has 2 atom stereocenters. The molecule has 0 spiro atoms. The molecule has 1 heterocycles. The van der Waals surface area contributed by atoms with Gasteiger partial charge in [0.15, 0.2) is 0 Å². The Balaban J connectivity index is 0.0000120. The number of nitrogens with one attached hydrogen (secondary N) is 2. The van der Waals surface area contributed by atoms with E-state index in [2.05, 4.69) is 30.2 Å². The van der Waals surface area contributed by atoms with Gasteiger partial charge in [0, 0.05) is 36.9 Å². The first-order chi connectivity index (χ1) is 23.7. The molecule has 6 nitrogen and oxygen atoms in total. The molecule has 0 fully saturated rings. The van der Waals surface area contributed by atoms with Crippen molar-refractivity contribution in [3.63, 3.8) is 0 Å². The lowest BCUT2D eigenvalue weighted by Gasteiger charge is -2.20. The van der Waals surface area contributed by atoms with E-state index in [0.717, 1.165) is 35.9 Å². The van der Waals surface area contributed by atoms with Crippen molar-refractivity contribution in [3.05, 3.63) is 36.0 Å². The largest absolute Gasteiger partial charge is 0.379 e. The first kappa shape index (κ1) is 45.4. The molecule has 0 aliphatic heterocycles. The second-order valence-electron chi connectivity index (χ2n) is 14.3. The van der Waals surface area contributed by atoms with Crippen molar-refractivity contribution in [3.8, 4) is 0 Å². The number of H-pyrrole nitrogens is 1. The van der Waals surface area contributed by atoms with Crippen LogP contribution in [-0.4, -0.2) is 49.4 Å². The number of hydrogen-bond donors (Lipinski definition) is 3. The van der Waals surface area contributed by atoms with Crippen LogP contribution in [0.2, 0.25) is 0 Å². The molecule has 284 valence electrons. The lowest BCUT2D eigenvalue weighted by Crippen LogP contribution is -2.45. The minimum Gasteiger partial charge on any atom is -0.379 e. The van der Waals surface area contributed by atoms with Gasteiger partial charge in [-0.3, -0.25) is 4.79 Å². The predicted molar refractivity (Wildman–Crippen MR) is 213 cm³/mol. The molecule has 49 heavy (non-hydrogen) atoms. The van der Waals surface area contributed by atoms with Crippen molar-refractivity contribution in [2.24, 2.45) is 5.73 Å². The Hall–Kier alpha value is -1.60. The van der Waals surface area contributed by atoms with Gasteiger partial charge in [-0.1, -0.05) is 173 Å². The number of fused-ring (bicyclic) bond motifs is 1. The highest BCUT2D eigenvalue weighted by Gasteiger charge is 2.18. The van der Waals surface area contributed by atoms with E-state index in [0.29, 0.717) is 26.2 Å². The average molecular weight is 707 g/mol. The highest BCUT2D eigenvalue weighted by Crippen LogP contribution is 2.19. The monoisotopic (exact) mass is 706 g/mol.